The molecule has 0 saturated carbocycles. The largest absolute Gasteiger partial charge is 0.507 e. The van der Waals surface area contributed by atoms with Crippen LogP contribution in [-0.4, -0.2) is 31.0 Å². The average Bonchev–Trinajstić information content (AvgIpc) is 3.34. The van der Waals surface area contributed by atoms with Crippen LogP contribution in [0.1, 0.15) is 23.1 Å². The molecule has 0 bridgehead atoms. The van der Waals surface area contributed by atoms with Crippen molar-refractivity contribution in [1.29, 1.82) is 0 Å². The highest BCUT2D eigenvalue weighted by Crippen LogP contribution is 2.44. The Morgan fingerprint density at radius 3 is 2.34 bits per heavy atom. The lowest BCUT2D eigenvalue weighted by molar-refractivity contribution is -0.132. The first-order valence-electron chi connectivity index (χ1n) is 9.71. The van der Waals surface area contributed by atoms with Crippen molar-refractivity contribution in [3.05, 3.63) is 81.7 Å². The fourth-order valence-electron chi connectivity index (χ4n) is 3.71. The molecule has 1 fully saturated rings. The van der Waals surface area contributed by atoms with Gasteiger partial charge in [0, 0.05) is 10.2 Å². The van der Waals surface area contributed by atoms with Crippen molar-refractivity contribution in [2.75, 3.05) is 19.1 Å². The van der Waals surface area contributed by atoms with E-state index in [1.54, 1.807) is 61.5 Å². The van der Waals surface area contributed by atoms with Gasteiger partial charge in [-0.15, -0.1) is 0 Å². The Labute approximate surface area is 193 Å². The van der Waals surface area contributed by atoms with Crippen molar-refractivity contribution in [2.45, 2.75) is 13.0 Å². The number of amides is 1. The van der Waals surface area contributed by atoms with Gasteiger partial charge in [0.2, 0.25) is 0 Å². The average molecular weight is 498 g/mol. The summed E-state index contributed by atoms with van der Waals surface area (Å²) < 4.78 is 17.3. The Morgan fingerprint density at radius 1 is 1.03 bits per heavy atom. The molecule has 1 amide bonds. The molecule has 0 spiro atoms. The number of methoxy groups -OCH3 is 2. The van der Waals surface area contributed by atoms with Gasteiger partial charge in [-0.2, -0.15) is 0 Å². The summed E-state index contributed by atoms with van der Waals surface area (Å²) in [5.74, 6) is -0.220. The van der Waals surface area contributed by atoms with Gasteiger partial charge in [-0.1, -0.05) is 15.9 Å². The minimum atomic E-state index is -0.958. The summed E-state index contributed by atoms with van der Waals surface area (Å²) in [7, 11) is 2.94. The van der Waals surface area contributed by atoms with Crippen molar-refractivity contribution in [2.24, 2.45) is 0 Å². The summed E-state index contributed by atoms with van der Waals surface area (Å²) in [5.41, 5.74) is 0.624. The van der Waals surface area contributed by atoms with Crippen molar-refractivity contribution in [3.63, 3.8) is 0 Å². The molecule has 7 nitrogen and oxygen atoms in total. The van der Waals surface area contributed by atoms with Crippen LogP contribution in [0.25, 0.3) is 5.76 Å². The number of ether oxygens (including phenoxy) is 2. The van der Waals surface area contributed by atoms with Gasteiger partial charge < -0.3 is 19.0 Å². The molecule has 1 aliphatic rings. The topological polar surface area (TPSA) is 89.2 Å². The number of aryl methyl sites for hydroxylation is 1. The maximum absolute atomic E-state index is 13.2. The number of rotatable bonds is 5. The van der Waals surface area contributed by atoms with Crippen LogP contribution in [-0.2, 0) is 9.59 Å². The van der Waals surface area contributed by atoms with E-state index in [1.165, 1.54) is 19.1 Å². The molecule has 0 radical (unpaired) electrons. The highest BCUT2D eigenvalue weighted by Gasteiger charge is 2.48. The lowest BCUT2D eigenvalue weighted by Crippen LogP contribution is -2.29. The second kappa shape index (κ2) is 8.55. The molecule has 0 aliphatic carbocycles. The Hall–Kier alpha value is -3.52. The SMILES string of the molecule is COc1ccc(OC)c(/C(O)=C2\C(=O)C(=O)N(c3ccc(Br)cc3)C2c2ccc(C)o2)c1. The van der Waals surface area contributed by atoms with E-state index in [1.807, 2.05) is 0 Å². The van der Waals surface area contributed by atoms with Crippen LogP contribution in [0, 0.1) is 6.92 Å². The molecular formula is C24H20BrNO6. The fraction of sp³-hybridized carbons (Fsp3) is 0.167. The van der Waals surface area contributed by atoms with E-state index in [-0.39, 0.29) is 16.9 Å². The predicted molar refractivity (Wildman–Crippen MR) is 122 cm³/mol. The molecule has 1 aliphatic heterocycles. The summed E-state index contributed by atoms with van der Waals surface area (Å²) in [5, 5.41) is 11.3. The molecule has 2 heterocycles. The minimum Gasteiger partial charge on any atom is -0.507 e. The fourth-order valence-corrected chi connectivity index (χ4v) is 3.98. The number of carbonyl (C=O) groups excluding carboxylic acids is 2. The number of carbonyl (C=O) groups is 2. The van der Waals surface area contributed by atoms with Gasteiger partial charge in [0.1, 0.15) is 34.8 Å². The number of anilines is 1. The first kappa shape index (κ1) is 21.7. The lowest BCUT2D eigenvalue weighted by atomic mass is 9.98. The molecule has 164 valence electrons. The Balaban J connectivity index is 1.97. The zero-order chi connectivity index (χ0) is 23.0. The number of Topliss-reactive ketones (excluding diaryl/α,β-unsaturated/α-hetero) is 1. The maximum atomic E-state index is 13.2. The van der Waals surface area contributed by atoms with E-state index in [0.717, 1.165) is 4.47 Å². The van der Waals surface area contributed by atoms with Crippen LogP contribution in [0.2, 0.25) is 0 Å². The maximum Gasteiger partial charge on any atom is 0.300 e. The first-order valence-corrected chi connectivity index (χ1v) is 10.5. The summed E-state index contributed by atoms with van der Waals surface area (Å²) in [6.45, 7) is 1.76. The van der Waals surface area contributed by atoms with Gasteiger partial charge in [-0.05, 0) is 61.5 Å². The van der Waals surface area contributed by atoms with Crippen LogP contribution < -0.4 is 14.4 Å². The van der Waals surface area contributed by atoms with Gasteiger partial charge >= 0.3 is 0 Å². The molecule has 1 unspecified atom stereocenters. The normalized spacial score (nSPS) is 17.6. The molecule has 1 atom stereocenters. The monoisotopic (exact) mass is 497 g/mol. The van der Waals surface area contributed by atoms with E-state index >= 15 is 0 Å². The van der Waals surface area contributed by atoms with Gasteiger partial charge in [0.05, 0.1) is 25.4 Å². The summed E-state index contributed by atoms with van der Waals surface area (Å²) in [6, 6.07) is 14.3. The molecule has 2 aromatic carbocycles. The number of furan rings is 1. The molecule has 1 saturated heterocycles. The number of nitrogens with zero attached hydrogens (tertiary/aromatic N) is 1. The number of hydrogen-bond acceptors (Lipinski definition) is 6. The van der Waals surface area contributed by atoms with Crippen LogP contribution in [0.3, 0.4) is 0 Å². The van der Waals surface area contributed by atoms with Crippen LogP contribution in [0.15, 0.2) is 69.1 Å². The van der Waals surface area contributed by atoms with Gasteiger partial charge in [0.15, 0.2) is 0 Å². The first-order chi connectivity index (χ1) is 15.3. The molecule has 4 rings (SSSR count). The van der Waals surface area contributed by atoms with Crippen LogP contribution in [0.5, 0.6) is 11.5 Å². The molecule has 32 heavy (non-hydrogen) atoms. The molecule has 3 aromatic rings. The number of hydrogen-bond donors (Lipinski definition) is 1. The zero-order valence-electron chi connectivity index (χ0n) is 17.6. The van der Waals surface area contributed by atoms with Crippen molar-refractivity contribution in [3.8, 4) is 11.5 Å². The molecule has 1 aromatic heterocycles. The number of aliphatic hydroxyl groups is 1. The van der Waals surface area contributed by atoms with E-state index in [2.05, 4.69) is 15.9 Å². The minimum absolute atomic E-state index is 0.0983. The number of ketones is 1. The van der Waals surface area contributed by atoms with Gasteiger partial charge in [-0.25, -0.2) is 0 Å². The second-order valence-electron chi connectivity index (χ2n) is 7.16. The van der Waals surface area contributed by atoms with Gasteiger partial charge in [-0.3, -0.25) is 14.5 Å². The van der Waals surface area contributed by atoms with E-state index in [4.69, 9.17) is 13.9 Å². The highest BCUT2D eigenvalue weighted by atomic mass is 79.9. The number of benzene rings is 2. The molecule has 8 heteroatoms. The van der Waals surface area contributed by atoms with E-state index < -0.39 is 17.7 Å². The quantitative estimate of drug-likeness (QED) is 0.303. The predicted octanol–water partition coefficient (Wildman–Crippen LogP) is 4.99. The van der Waals surface area contributed by atoms with Crippen molar-refractivity contribution in [1.82, 2.24) is 0 Å². The summed E-state index contributed by atoms with van der Waals surface area (Å²) >= 11 is 3.38. The number of aliphatic hydroxyl groups excluding tert-OH is 1. The Morgan fingerprint density at radius 2 is 1.75 bits per heavy atom. The summed E-state index contributed by atoms with van der Waals surface area (Å²) in [6.07, 6.45) is 0. The van der Waals surface area contributed by atoms with Crippen molar-refractivity contribution >= 4 is 39.1 Å². The zero-order valence-corrected chi connectivity index (χ0v) is 19.2. The van der Waals surface area contributed by atoms with E-state index in [9.17, 15) is 14.7 Å². The van der Waals surface area contributed by atoms with E-state index in [0.29, 0.717) is 28.7 Å². The molecule has 1 N–H and O–H groups in total. The Kier molecular flexibility index (Phi) is 5.80. The molecular weight excluding hydrogens is 478 g/mol. The second-order valence-corrected chi connectivity index (χ2v) is 8.08. The van der Waals surface area contributed by atoms with Crippen LogP contribution >= 0.6 is 15.9 Å². The third kappa shape index (κ3) is 3.67. The van der Waals surface area contributed by atoms with Crippen molar-refractivity contribution < 1.29 is 28.6 Å². The number of halogens is 1. The smallest absolute Gasteiger partial charge is 0.300 e. The van der Waals surface area contributed by atoms with Gasteiger partial charge in [0.25, 0.3) is 11.7 Å². The summed E-state index contributed by atoms with van der Waals surface area (Å²) in [4.78, 5) is 27.6. The van der Waals surface area contributed by atoms with Crippen LogP contribution in [0.4, 0.5) is 5.69 Å². The third-order valence-electron chi connectivity index (χ3n) is 5.24. The standard InChI is InChI=1S/C24H20BrNO6/c1-13-4-10-19(32-13)21-20(22(27)17-12-16(30-2)9-11-18(17)31-3)23(28)24(29)26(21)15-7-5-14(25)6-8-15/h4-12,21,27H,1-3H3/b22-20+. The lowest BCUT2D eigenvalue weighted by Gasteiger charge is -2.23. The third-order valence-corrected chi connectivity index (χ3v) is 5.77. The Bertz CT molecular complexity index is 1230. The highest BCUT2D eigenvalue weighted by molar-refractivity contribution is 9.10.